The Kier molecular flexibility index (Phi) is 2.59. The highest BCUT2D eigenvalue weighted by atomic mass is 16.3. The second-order valence-electron chi connectivity index (χ2n) is 4.21. The summed E-state index contributed by atoms with van der Waals surface area (Å²) in [5, 5.41) is 19.2. The summed E-state index contributed by atoms with van der Waals surface area (Å²) in [4.78, 5) is 0. The van der Waals surface area contributed by atoms with Crippen molar-refractivity contribution in [1.29, 1.82) is 0 Å². The standard InChI is InChI=1S/C10H18O2/c1-7(2)8-4-5-10(3,12)9(11)6-8/h4,7,9,11-12H,5-6H2,1-3H3/t9-,10-/m1/s1. The lowest BCUT2D eigenvalue weighted by molar-refractivity contribution is -0.0644. The van der Waals surface area contributed by atoms with E-state index in [4.69, 9.17) is 0 Å². The van der Waals surface area contributed by atoms with Crippen LogP contribution in [-0.2, 0) is 0 Å². The molecule has 0 aromatic carbocycles. The molecule has 2 atom stereocenters. The van der Waals surface area contributed by atoms with Crippen LogP contribution in [0.15, 0.2) is 11.6 Å². The van der Waals surface area contributed by atoms with Crippen molar-refractivity contribution >= 4 is 0 Å². The van der Waals surface area contributed by atoms with Crippen molar-refractivity contribution in [3.63, 3.8) is 0 Å². The van der Waals surface area contributed by atoms with Crippen LogP contribution in [0.5, 0.6) is 0 Å². The summed E-state index contributed by atoms with van der Waals surface area (Å²) in [6.45, 7) is 5.91. The monoisotopic (exact) mass is 170 g/mol. The van der Waals surface area contributed by atoms with Crippen LogP contribution in [0, 0.1) is 5.92 Å². The Morgan fingerprint density at radius 1 is 1.58 bits per heavy atom. The topological polar surface area (TPSA) is 40.5 Å². The Hall–Kier alpha value is -0.340. The van der Waals surface area contributed by atoms with E-state index >= 15 is 0 Å². The van der Waals surface area contributed by atoms with E-state index in [1.165, 1.54) is 5.57 Å². The fraction of sp³-hybridized carbons (Fsp3) is 0.800. The van der Waals surface area contributed by atoms with Crippen LogP contribution in [0.25, 0.3) is 0 Å². The van der Waals surface area contributed by atoms with Gasteiger partial charge in [-0.05, 0) is 25.7 Å². The van der Waals surface area contributed by atoms with Crippen molar-refractivity contribution in [2.24, 2.45) is 5.92 Å². The van der Waals surface area contributed by atoms with Crippen LogP contribution in [-0.4, -0.2) is 21.9 Å². The first-order valence-corrected chi connectivity index (χ1v) is 4.53. The maximum Gasteiger partial charge on any atom is 0.0914 e. The first-order valence-electron chi connectivity index (χ1n) is 4.53. The molecule has 0 heterocycles. The molecule has 2 heteroatoms. The van der Waals surface area contributed by atoms with Crippen molar-refractivity contribution in [2.75, 3.05) is 0 Å². The molecule has 0 spiro atoms. The molecule has 0 aliphatic heterocycles. The SMILES string of the molecule is CC(C)C1=CC[C@@](C)(O)[C@H](O)C1. The first-order chi connectivity index (χ1) is 5.43. The highest BCUT2D eigenvalue weighted by Gasteiger charge is 2.33. The van der Waals surface area contributed by atoms with Crippen LogP contribution in [0.4, 0.5) is 0 Å². The summed E-state index contributed by atoms with van der Waals surface area (Å²) in [6.07, 6.45) is 2.64. The Bertz CT molecular complexity index is 192. The van der Waals surface area contributed by atoms with E-state index in [1.54, 1.807) is 6.92 Å². The van der Waals surface area contributed by atoms with Gasteiger partial charge in [0.15, 0.2) is 0 Å². The van der Waals surface area contributed by atoms with Gasteiger partial charge in [-0.1, -0.05) is 25.5 Å². The second kappa shape index (κ2) is 3.19. The minimum atomic E-state index is -0.918. The third kappa shape index (κ3) is 1.87. The van der Waals surface area contributed by atoms with Gasteiger partial charge in [0, 0.05) is 0 Å². The Morgan fingerprint density at radius 2 is 2.17 bits per heavy atom. The van der Waals surface area contributed by atoms with Crippen molar-refractivity contribution in [1.82, 2.24) is 0 Å². The molecule has 0 aromatic rings. The van der Waals surface area contributed by atoms with E-state index in [0.29, 0.717) is 18.8 Å². The summed E-state index contributed by atoms with van der Waals surface area (Å²) in [5.74, 6) is 0.482. The highest BCUT2D eigenvalue weighted by Crippen LogP contribution is 2.30. The Morgan fingerprint density at radius 3 is 2.58 bits per heavy atom. The Balaban J connectivity index is 2.71. The van der Waals surface area contributed by atoms with Gasteiger partial charge in [-0.25, -0.2) is 0 Å². The first kappa shape index (κ1) is 9.75. The zero-order chi connectivity index (χ0) is 9.35. The number of aliphatic hydroxyl groups is 2. The summed E-state index contributed by atoms with van der Waals surface area (Å²) >= 11 is 0. The Labute approximate surface area is 73.9 Å². The van der Waals surface area contributed by atoms with Gasteiger partial charge < -0.3 is 10.2 Å². The highest BCUT2D eigenvalue weighted by molar-refractivity contribution is 5.14. The molecular formula is C10H18O2. The molecule has 12 heavy (non-hydrogen) atoms. The van der Waals surface area contributed by atoms with E-state index in [9.17, 15) is 10.2 Å². The third-order valence-corrected chi connectivity index (χ3v) is 2.67. The molecule has 0 fully saturated rings. The van der Waals surface area contributed by atoms with Crippen molar-refractivity contribution < 1.29 is 10.2 Å². The van der Waals surface area contributed by atoms with Crippen molar-refractivity contribution in [3.8, 4) is 0 Å². The third-order valence-electron chi connectivity index (χ3n) is 2.67. The molecule has 0 bridgehead atoms. The van der Waals surface area contributed by atoms with Crippen LogP contribution < -0.4 is 0 Å². The molecule has 1 aliphatic rings. The molecule has 1 rings (SSSR count). The smallest absolute Gasteiger partial charge is 0.0914 e. The van der Waals surface area contributed by atoms with Crippen LogP contribution in [0.3, 0.4) is 0 Å². The fourth-order valence-electron chi connectivity index (χ4n) is 1.47. The van der Waals surface area contributed by atoms with Gasteiger partial charge in [-0.15, -0.1) is 0 Å². The van der Waals surface area contributed by atoms with Gasteiger partial charge in [-0.3, -0.25) is 0 Å². The van der Waals surface area contributed by atoms with E-state index in [0.717, 1.165) is 0 Å². The lowest BCUT2D eigenvalue weighted by Gasteiger charge is -2.34. The van der Waals surface area contributed by atoms with Gasteiger partial charge in [0.25, 0.3) is 0 Å². The largest absolute Gasteiger partial charge is 0.390 e. The zero-order valence-corrected chi connectivity index (χ0v) is 8.04. The molecule has 0 saturated carbocycles. The molecule has 1 aliphatic carbocycles. The van der Waals surface area contributed by atoms with Crippen LogP contribution in [0.1, 0.15) is 33.6 Å². The predicted octanol–water partition coefficient (Wildman–Crippen LogP) is 1.47. The zero-order valence-electron chi connectivity index (χ0n) is 8.04. The van der Waals surface area contributed by atoms with Crippen LogP contribution >= 0.6 is 0 Å². The number of aliphatic hydroxyl groups excluding tert-OH is 1. The second-order valence-corrected chi connectivity index (χ2v) is 4.21. The molecule has 2 nitrogen and oxygen atoms in total. The normalized spacial score (nSPS) is 36.8. The number of rotatable bonds is 1. The maximum absolute atomic E-state index is 9.65. The molecule has 0 unspecified atom stereocenters. The quantitative estimate of drug-likeness (QED) is 0.585. The molecule has 0 saturated heterocycles. The van der Waals surface area contributed by atoms with E-state index in [1.807, 2.05) is 0 Å². The lowest BCUT2D eigenvalue weighted by atomic mass is 9.81. The fourth-order valence-corrected chi connectivity index (χ4v) is 1.47. The van der Waals surface area contributed by atoms with Gasteiger partial charge in [0.05, 0.1) is 11.7 Å². The van der Waals surface area contributed by atoms with Gasteiger partial charge in [0.2, 0.25) is 0 Å². The van der Waals surface area contributed by atoms with Crippen LogP contribution in [0.2, 0.25) is 0 Å². The molecule has 2 N–H and O–H groups in total. The van der Waals surface area contributed by atoms with Gasteiger partial charge in [-0.2, -0.15) is 0 Å². The average molecular weight is 170 g/mol. The van der Waals surface area contributed by atoms with E-state index < -0.39 is 11.7 Å². The van der Waals surface area contributed by atoms with E-state index in [2.05, 4.69) is 19.9 Å². The molecule has 70 valence electrons. The average Bonchev–Trinajstić information content (AvgIpc) is 1.94. The molecule has 0 radical (unpaired) electrons. The summed E-state index contributed by atoms with van der Waals surface area (Å²) < 4.78 is 0. The molecule has 0 aromatic heterocycles. The predicted molar refractivity (Wildman–Crippen MR) is 48.8 cm³/mol. The van der Waals surface area contributed by atoms with Gasteiger partial charge in [0.1, 0.15) is 0 Å². The maximum atomic E-state index is 9.65. The number of hydrogen-bond acceptors (Lipinski definition) is 2. The summed E-state index contributed by atoms with van der Waals surface area (Å²) in [5.41, 5.74) is 0.340. The lowest BCUT2D eigenvalue weighted by Crippen LogP contribution is -2.41. The molecular weight excluding hydrogens is 152 g/mol. The number of hydrogen-bond donors (Lipinski definition) is 2. The minimum Gasteiger partial charge on any atom is -0.390 e. The summed E-state index contributed by atoms with van der Waals surface area (Å²) in [6, 6.07) is 0. The molecule has 0 amide bonds. The summed E-state index contributed by atoms with van der Waals surface area (Å²) in [7, 11) is 0. The van der Waals surface area contributed by atoms with E-state index in [-0.39, 0.29) is 0 Å². The minimum absolute atomic E-state index is 0.482. The van der Waals surface area contributed by atoms with Crippen molar-refractivity contribution in [2.45, 2.75) is 45.3 Å². The van der Waals surface area contributed by atoms with Gasteiger partial charge >= 0.3 is 0 Å². The van der Waals surface area contributed by atoms with Crippen molar-refractivity contribution in [3.05, 3.63) is 11.6 Å².